The van der Waals surface area contributed by atoms with Gasteiger partial charge in [-0.3, -0.25) is 9.59 Å². The van der Waals surface area contributed by atoms with Crippen LogP contribution in [-0.2, 0) is 21.9 Å². The van der Waals surface area contributed by atoms with E-state index in [0.717, 1.165) is 12.1 Å². The lowest BCUT2D eigenvalue weighted by molar-refractivity contribution is -0.161. The van der Waals surface area contributed by atoms with E-state index in [1.807, 2.05) is 0 Å². The zero-order valence-electron chi connectivity index (χ0n) is 11.2. The van der Waals surface area contributed by atoms with Crippen LogP contribution in [0.1, 0.15) is 17.5 Å². The molecule has 1 aliphatic rings. The highest BCUT2D eigenvalue weighted by atomic mass is 19.4. The van der Waals surface area contributed by atoms with E-state index in [4.69, 9.17) is 5.11 Å². The van der Waals surface area contributed by atoms with Crippen molar-refractivity contribution in [1.29, 1.82) is 0 Å². The molecule has 1 saturated heterocycles. The molecule has 1 heterocycles. The SMILES string of the molecule is O=C(O)C1CC(=O)N(c2cccc(C(F)(F)F)c2C(F)(F)F)C1. The van der Waals surface area contributed by atoms with Crippen molar-refractivity contribution in [3.8, 4) is 0 Å². The van der Waals surface area contributed by atoms with E-state index >= 15 is 0 Å². The summed E-state index contributed by atoms with van der Waals surface area (Å²) >= 11 is 0. The molecule has 2 rings (SSSR count). The van der Waals surface area contributed by atoms with E-state index in [0.29, 0.717) is 4.90 Å². The van der Waals surface area contributed by atoms with E-state index in [2.05, 4.69) is 0 Å². The van der Waals surface area contributed by atoms with E-state index in [9.17, 15) is 35.9 Å². The highest BCUT2D eigenvalue weighted by Crippen LogP contribution is 2.45. The van der Waals surface area contributed by atoms with Crippen molar-refractivity contribution in [3.05, 3.63) is 29.3 Å². The van der Waals surface area contributed by atoms with Crippen molar-refractivity contribution < 1.29 is 41.0 Å². The number of benzene rings is 1. The van der Waals surface area contributed by atoms with Gasteiger partial charge in [-0.15, -0.1) is 0 Å². The lowest BCUT2D eigenvalue weighted by atomic mass is 10.0. The number of carbonyl (C=O) groups excluding carboxylic acids is 1. The summed E-state index contributed by atoms with van der Waals surface area (Å²) in [6.45, 7) is -0.613. The van der Waals surface area contributed by atoms with Crippen LogP contribution in [0, 0.1) is 5.92 Å². The third-order valence-electron chi connectivity index (χ3n) is 3.40. The second kappa shape index (κ2) is 5.43. The number of carboxylic acid groups (broad SMARTS) is 1. The summed E-state index contributed by atoms with van der Waals surface area (Å²) in [6, 6.07) is 1.73. The lowest BCUT2D eigenvalue weighted by Gasteiger charge is -2.24. The Morgan fingerprint density at radius 2 is 1.74 bits per heavy atom. The zero-order chi connectivity index (χ0) is 17.6. The van der Waals surface area contributed by atoms with Crippen LogP contribution in [0.5, 0.6) is 0 Å². The Labute approximate surface area is 125 Å². The second-order valence-corrected chi connectivity index (χ2v) is 4.94. The molecule has 0 spiro atoms. The van der Waals surface area contributed by atoms with Crippen LogP contribution in [-0.4, -0.2) is 23.5 Å². The maximum atomic E-state index is 13.1. The molecule has 4 nitrogen and oxygen atoms in total. The van der Waals surface area contributed by atoms with Gasteiger partial charge in [0.1, 0.15) is 0 Å². The molecule has 10 heteroatoms. The molecule has 23 heavy (non-hydrogen) atoms. The molecular formula is C13H9F6NO3. The van der Waals surface area contributed by atoms with Gasteiger partial charge in [0.2, 0.25) is 5.91 Å². The Balaban J connectivity index is 2.60. The van der Waals surface area contributed by atoms with E-state index in [-0.39, 0.29) is 6.07 Å². The number of hydrogen-bond acceptors (Lipinski definition) is 2. The summed E-state index contributed by atoms with van der Waals surface area (Å²) in [7, 11) is 0. The first-order valence-corrected chi connectivity index (χ1v) is 6.23. The van der Waals surface area contributed by atoms with Crippen LogP contribution in [0.15, 0.2) is 18.2 Å². The van der Waals surface area contributed by atoms with Crippen molar-refractivity contribution in [2.45, 2.75) is 18.8 Å². The number of amides is 1. The standard InChI is InChI=1S/C13H9F6NO3/c14-12(15,16)7-2-1-3-8(10(7)13(17,18)19)20-5-6(11(22)23)4-9(20)21/h1-3,6H,4-5H2,(H,22,23). The average molecular weight is 341 g/mol. The molecule has 1 aromatic carbocycles. The molecule has 1 N–H and O–H groups in total. The average Bonchev–Trinajstić information content (AvgIpc) is 2.78. The van der Waals surface area contributed by atoms with Crippen LogP contribution in [0.4, 0.5) is 32.0 Å². The summed E-state index contributed by atoms with van der Waals surface area (Å²) < 4.78 is 77.9. The predicted molar refractivity (Wildman–Crippen MR) is 64.5 cm³/mol. The number of nitrogens with zero attached hydrogens (tertiary/aromatic N) is 1. The summed E-state index contributed by atoms with van der Waals surface area (Å²) in [5.41, 5.74) is -4.90. The Morgan fingerprint density at radius 1 is 1.13 bits per heavy atom. The molecule has 1 aliphatic heterocycles. The molecule has 0 aliphatic carbocycles. The summed E-state index contributed by atoms with van der Waals surface area (Å²) in [5.74, 6) is -3.64. The largest absolute Gasteiger partial charge is 0.481 e. The van der Waals surface area contributed by atoms with E-state index < -0.39 is 59.9 Å². The first-order chi connectivity index (χ1) is 10.4. The number of aliphatic carboxylic acids is 1. The van der Waals surface area contributed by atoms with Crippen LogP contribution >= 0.6 is 0 Å². The van der Waals surface area contributed by atoms with E-state index in [1.165, 1.54) is 0 Å². The Hall–Kier alpha value is -2.26. The van der Waals surface area contributed by atoms with Gasteiger partial charge in [0.25, 0.3) is 0 Å². The van der Waals surface area contributed by atoms with Crippen molar-refractivity contribution in [3.63, 3.8) is 0 Å². The summed E-state index contributed by atoms with van der Waals surface area (Å²) in [5, 5.41) is 8.83. The van der Waals surface area contributed by atoms with Gasteiger partial charge in [-0.05, 0) is 12.1 Å². The smallest absolute Gasteiger partial charge is 0.419 e. The minimum atomic E-state index is -5.36. The van der Waals surface area contributed by atoms with Gasteiger partial charge in [0, 0.05) is 13.0 Å². The summed E-state index contributed by atoms with van der Waals surface area (Å²) in [6.07, 6.45) is -11.2. The van der Waals surface area contributed by atoms with Gasteiger partial charge < -0.3 is 10.0 Å². The molecule has 0 saturated carbocycles. The minimum absolute atomic E-state index is 0.265. The van der Waals surface area contributed by atoms with Gasteiger partial charge in [-0.2, -0.15) is 26.3 Å². The fourth-order valence-electron chi connectivity index (χ4n) is 2.41. The quantitative estimate of drug-likeness (QED) is 0.841. The molecule has 1 amide bonds. The van der Waals surface area contributed by atoms with Crippen molar-refractivity contribution in [1.82, 2.24) is 0 Å². The Morgan fingerprint density at radius 3 is 2.17 bits per heavy atom. The van der Waals surface area contributed by atoms with E-state index in [1.54, 1.807) is 0 Å². The van der Waals surface area contributed by atoms with Gasteiger partial charge in [-0.1, -0.05) is 6.07 Å². The number of carboxylic acids is 1. The molecule has 1 aromatic rings. The minimum Gasteiger partial charge on any atom is -0.481 e. The number of anilines is 1. The molecule has 1 unspecified atom stereocenters. The second-order valence-electron chi connectivity index (χ2n) is 4.94. The Kier molecular flexibility index (Phi) is 4.03. The third kappa shape index (κ3) is 3.25. The summed E-state index contributed by atoms with van der Waals surface area (Å²) in [4.78, 5) is 23.0. The number of carbonyl (C=O) groups is 2. The van der Waals surface area contributed by atoms with Gasteiger partial charge >= 0.3 is 18.3 Å². The molecule has 0 aromatic heterocycles. The third-order valence-corrected chi connectivity index (χ3v) is 3.40. The van der Waals surface area contributed by atoms with Crippen LogP contribution in [0.2, 0.25) is 0 Å². The molecule has 126 valence electrons. The first-order valence-electron chi connectivity index (χ1n) is 6.23. The molecule has 1 fully saturated rings. The normalized spacial score (nSPS) is 19.3. The zero-order valence-corrected chi connectivity index (χ0v) is 11.2. The van der Waals surface area contributed by atoms with Crippen LogP contribution < -0.4 is 4.90 Å². The topological polar surface area (TPSA) is 57.6 Å². The molecular weight excluding hydrogens is 332 g/mol. The fraction of sp³-hybridized carbons (Fsp3) is 0.385. The van der Waals surface area contributed by atoms with Gasteiger partial charge in [-0.25, -0.2) is 0 Å². The van der Waals surface area contributed by atoms with Gasteiger partial charge in [0.05, 0.1) is 22.7 Å². The highest BCUT2D eigenvalue weighted by Gasteiger charge is 2.47. The number of hydrogen-bond donors (Lipinski definition) is 1. The number of alkyl halides is 6. The van der Waals surface area contributed by atoms with Crippen molar-refractivity contribution >= 4 is 17.6 Å². The van der Waals surface area contributed by atoms with Crippen LogP contribution in [0.25, 0.3) is 0 Å². The molecule has 0 bridgehead atoms. The number of halogens is 6. The first kappa shape index (κ1) is 17.1. The lowest BCUT2D eigenvalue weighted by Crippen LogP contribution is -2.30. The van der Waals surface area contributed by atoms with Gasteiger partial charge in [0.15, 0.2) is 0 Å². The fourth-order valence-corrected chi connectivity index (χ4v) is 2.41. The van der Waals surface area contributed by atoms with Crippen LogP contribution in [0.3, 0.4) is 0 Å². The Bertz CT molecular complexity index is 652. The monoisotopic (exact) mass is 341 g/mol. The number of rotatable bonds is 2. The molecule has 1 atom stereocenters. The van der Waals surface area contributed by atoms with Crippen molar-refractivity contribution in [2.75, 3.05) is 11.4 Å². The maximum Gasteiger partial charge on any atom is 0.419 e. The maximum absolute atomic E-state index is 13.1. The molecule has 0 radical (unpaired) electrons. The van der Waals surface area contributed by atoms with Crippen molar-refractivity contribution in [2.24, 2.45) is 5.92 Å². The predicted octanol–water partition coefficient (Wildman–Crippen LogP) is 3.16. The highest BCUT2D eigenvalue weighted by molar-refractivity contribution is 6.00.